The van der Waals surface area contributed by atoms with Crippen molar-refractivity contribution in [1.29, 1.82) is 0 Å². The van der Waals surface area contributed by atoms with Crippen molar-refractivity contribution in [3.63, 3.8) is 0 Å². The molecule has 0 aliphatic rings. The molecule has 0 aliphatic carbocycles. The molecule has 0 heterocycles. The summed E-state index contributed by atoms with van der Waals surface area (Å²) in [5.41, 5.74) is 7.78. The van der Waals surface area contributed by atoms with Gasteiger partial charge in [-0.15, -0.1) is 0 Å². The summed E-state index contributed by atoms with van der Waals surface area (Å²) in [7, 11) is -4.15. The Morgan fingerprint density at radius 3 is 0.591 bits per heavy atom. The lowest BCUT2D eigenvalue weighted by Crippen LogP contribution is -2.50. The predicted molar refractivity (Wildman–Crippen MR) is 193 cm³/mol. The molecule has 0 spiro atoms. The van der Waals surface area contributed by atoms with Gasteiger partial charge in [0.25, 0.3) is 0 Å². The number of rotatable bonds is 33. The Labute approximate surface area is 278 Å². The third kappa shape index (κ3) is 57.7. The van der Waals surface area contributed by atoms with Crippen molar-refractivity contribution < 1.29 is 25.8 Å². The number of unbranched alkanes of at least 4 members (excludes halogenated alkanes) is 30. The molecule has 0 aliphatic heterocycles. The minimum absolute atomic E-state index is 0.285. The highest BCUT2D eigenvalue weighted by atomic mass is 31.2. The highest BCUT2D eigenvalue weighted by molar-refractivity contribution is 7.48. The van der Waals surface area contributed by atoms with E-state index in [1.54, 1.807) is 0 Å². The highest BCUT2D eigenvalue weighted by Gasteiger charge is 1.96. The molecule has 6 heteroatoms. The van der Waals surface area contributed by atoms with Crippen LogP contribution >= 0.6 is 7.60 Å². The second-order valence-electron chi connectivity index (χ2n) is 13.2. The van der Waals surface area contributed by atoms with Crippen LogP contribution in [0.1, 0.15) is 226 Å². The Hall–Kier alpha value is 0.0700. The molecule has 0 aromatic heterocycles. The Morgan fingerprint density at radius 1 is 0.341 bits per heavy atom. The molecule has 0 aromatic carbocycles. The van der Waals surface area contributed by atoms with Crippen LogP contribution in [0.2, 0.25) is 0 Å². The molecule has 0 rings (SSSR count). The van der Waals surface area contributed by atoms with E-state index >= 15 is 0 Å². The van der Waals surface area contributed by atoms with Gasteiger partial charge in [0.1, 0.15) is 0 Å². The first-order valence-corrected chi connectivity index (χ1v) is 21.7. The lowest BCUT2D eigenvalue weighted by molar-refractivity contribution is -0.368. The number of quaternary nitrogens is 2. The maximum absolute atomic E-state index is 9.47. The SMILES string of the molecule is CCCCCCCCCCCCCCCCCC[NH3+].CCCCCCCCCCCCCCCCCC[NH3+].CCP(=O)([O-])[O-]. The van der Waals surface area contributed by atoms with Gasteiger partial charge in [-0.3, -0.25) is 0 Å². The van der Waals surface area contributed by atoms with Crippen molar-refractivity contribution >= 4 is 7.60 Å². The maximum atomic E-state index is 9.47. The minimum Gasteiger partial charge on any atom is -0.811 e. The number of hydrogen-bond acceptors (Lipinski definition) is 3. The third-order valence-electron chi connectivity index (χ3n) is 8.59. The van der Waals surface area contributed by atoms with Crippen molar-refractivity contribution in [2.45, 2.75) is 226 Å². The van der Waals surface area contributed by atoms with Crippen LogP contribution in [-0.4, -0.2) is 19.3 Å². The van der Waals surface area contributed by atoms with Crippen LogP contribution in [-0.2, 0) is 4.57 Å². The maximum Gasteiger partial charge on any atom is 0.0739 e. The van der Waals surface area contributed by atoms with Gasteiger partial charge in [0, 0.05) is 0 Å². The lowest BCUT2D eigenvalue weighted by atomic mass is 10.0. The molecule has 0 bridgehead atoms. The van der Waals surface area contributed by atoms with Gasteiger partial charge in [-0.2, -0.15) is 0 Å². The van der Waals surface area contributed by atoms with Gasteiger partial charge >= 0.3 is 0 Å². The molecule has 0 amide bonds. The quantitative estimate of drug-likeness (QED) is 0.0544. The van der Waals surface area contributed by atoms with Crippen LogP contribution in [0.15, 0.2) is 0 Å². The van der Waals surface area contributed by atoms with Crippen molar-refractivity contribution in [2.75, 3.05) is 19.3 Å². The van der Waals surface area contributed by atoms with Crippen molar-refractivity contribution in [3.8, 4) is 0 Å². The lowest BCUT2D eigenvalue weighted by Gasteiger charge is -2.26. The zero-order valence-electron chi connectivity index (χ0n) is 30.8. The summed E-state index contributed by atoms with van der Waals surface area (Å²) in [5, 5.41) is 0. The van der Waals surface area contributed by atoms with Gasteiger partial charge in [0.05, 0.1) is 13.1 Å². The van der Waals surface area contributed by atoms with E-state index in [1.165, 1.54) is 212 Å². The zero-order chi connectivity index (χ0) is 33.2. The highest BCUT2D eigenvalue weighted by Crippen LogP contribution is 2.20. The first-order valence-electron chi connectivity index (χ1n) is 20.0. The molecule has 0 saturated carbocycles. The summed E-state index contributed by atoms with van der Waals surface area (Å²) in [6.45, 7) is 8.15. The molecule has 0 aromatic rings. The molecule has 0 atom stereocenters. The van der Waals surface area contributed by atoms with Gasteiger partial charge < -0.3 is 25.8 Å². The second kappa shape index (κ2) is 45.2. The fraction of sp³-hybridized carbons (Fsp3) is 1.00. The molecule has 0 saturated heterocycles. The van der Waals surface area contributed by atoms with Gasteiger partial charge in [0.2, 0.25) is 0 Å². The van der Waals surface area contributed by atoms with Gasteiger partial charge in [0.15, 0.2) is 0 Å². The van der Waals surface area contributed by atoms with E-state index in [2.05, 4.69) is 25.3 Å². The molecule has 0 unspecified atom stereocenters. The average Bonchev–Trinajstić information content (AvgIpc) is 3.01. The first kappa shape index (κ1) is 48.5. The molecule has 6 N–H and O–H groups in total. The average molecular weight is 649 g/mol. The molecule has 44 heavy (non-hydrogen) atoms. The standard InChI is InChI=1S/2C18H39N.C2H7O3P/c2*1-2-3-4-5-6-7-8-9-10-11-12-13-14-15-16-17-18-19;1-2-6(3,4)5/h2*2-19H2,1H3;2H2,1H3,(H2,3,4,5). The van der Waals surface area contributed by atoms with Crippen LogP contribution in [0, 0.1) is 0 Å². The van der Waals surface area contributed by atoms with E-state index in [9.17, 15) is 14.4 Å². The van der Waals surface area contributed by atoms with E-state index in [0.29, 0.717) is 0 Å². The third-order valence-corrected chi connectivity index (χ3v) is 9.37. The van der Waals surface area contributed by atoms with Crippen LogP contribution in [0.4, 0.5) is 0 Å². The van der Waals surface area contributed by atoms with Gasteiger partial charge in [-0.25, -0.2) is 0 Å². The summed E-state index contributed by atoms with van der Waals surface area (Å²) in [5.74, 6) is 0. The Kier molecular flexibility index (Phi) is 49.8. The Morgan fingerprint density at radius 2 is 0.477 bits per heavy atom. The van der Waals surface area contributed by atoms with Crippen molar-refractivity contribution in [3.05, 3.63) is 0 Å². The fourth-order valence-corrected chi connectivity index (χ4v) is 5.45. The van der Waals surface area contributed by atoms with E-state index in [-0.39, 0.29) is 6.16 Å². The Balaban J connectivity index is -0.000000644. The van der Waals surface area contributed by atoms with Crippen LogP contribution in [0.3, 0.4) is 0 Å². The monoisotopic (exact) mass is 649 g/mol. The molecular weight excluding hydrogens is 563 g/mol. The summed E-state index contributed by atoms with van der Waals surface area (Å²) >= 11 is 0. The molecular formula is C38H85N2O3P. The summed E-state index contributed by atoms with van der Waals surface area (Å²) in [6.07, 6.45) is 46.1. The van der Waals surface area contributed by atoms with E-state index in [0.717, 1.165) is 13.1 Å². The second-order valence-corrected chi connectivity index (χ2v) is 15.1. The fourth-order valence-electron chi connectivity index (χ4n) is 5.45. The van der Waals surface area contributed by atoms with Crippen molar-refractivity contribution in [2.24, 2.45) is 0 Å². The van der Waals surface area contributed by atoms with Crippen LogP contribution in [0.5, 0.6) is 0 Å². The van der Waals surface area contributed by atoms with E-state index in [1.807, 2.05) is 0 Å². The first-order chi connectivity index (χ1) is 21.4. The van der Waals surface area contributed by atoms with Crippen LogP contribution < -0.4 is 21.3 Å². The Bertz CT molecular complexity index is 450. The zero-order valence-corrected chi connectivity index (χ0v) is 31.7. The smallest absolute Gasteiger partial charge is 0.0739 e. The van der Waals surface area contributed by atoms with Crippen molar-refractivity contribution in [1.82, 2.24) is 0 Å². The topological polar surface area (TPSA) is 118 Å². The molecule has 0 fully saturated rings. The summed E-state index contributed by atoms with van der Waals surface area (Å²) in [6, 6.07) is 0. The largest absolute Gasteiger partial charge is 0.811 e. The van der Waals surface area contributed by atoms with Gasteiger partial charge in [-0.05, 0) is 31.8 Å². The normalized spacial score (nSPS) is 11.2. The predicted octanol–water partition coefficient (Wildman–Crippen LogP) is 9.90. The molecule has 5 nitrogen and oxygen atoms in total. The summed E-state index contributed by atoms with van der Waals surface area (Å²) in [4.78, 5) is 18.9. The molecule has 270 valence electrons. The molecule has 0 radical (unpaired) electrons. The van der Waals surface area contributed by atoms with Gasteiger partial charge in [-0.1, -0.05) is 208 Å². The summed E-state index contributed by atoms with van der Waals surface area (Å²) < 4.78 is 9.47. The van der Waals surface area contributed by atoms with Crippen LogP contribution in [0.25, 0.3) is 0 Å². The van der Waals surface area contributed by atoms with E-state index in [4.69, 9.17) is 0 Å². The number of hydrogen-bond donors (Lipinski definition) is 2. The van der Waals surface area contributed by atoms with E-state index < -0.39 is 7.60 Å². The minimum atomic E-state index is -4.15.